The second kappa shape index (κ2) is 5.89. The number of amides is 1. The predicted octanol–water partition coefficient (Wildman–Crippen LogP) is 3.01. The van der Waals surface area contributed by atoms with E-state index in [2.05, 4.69) is 11.4 Å². The Morgan fingerprint density at radius 1 is 1.40 bits per heavy atom. The van der Waals surface area contributed by atoms with Gasteiger partial charge in [0, 0.05) is 28.5 Å². The molecule has 0 spiro atoms. The SMILES string of the molecule is Nc1cccc(SCC(=O)N2CCc3sccc3C2)c1. The molecule has 20 heavy (non-hydrogen) atoms. The van der Waals surface area contributed by atoms with Crippen molar-refractivity contribution in [3.8, 4) is 0 Å². The Kier molecular flexibility index (Phi) is 3.98. The number of anilines is 1. The molecule has 104 valence electrons. The fourth-order valence-corrected chi connectivity index (χ4v) is 4.06. The summed E-state index contributed by atoms with van der Waals surface area (Å²) in [5, 5.41) is 2.11. The Hall–Kier alpha value is -1.46. The quantitative estimate of drug-likeness (QED) is 0.700. The third-order valence-corrected chi connectivity index (χ3v) is 5.38. The van der Waals surface area contributed by atoms with Crippen molar-refractivity contribution in [1.82, 2.24) is 4.90 Å². The van der Waals surface area contributed by atoms with Gasteiger partial charge < -0.3 is 10.6 Å². The van der Waals surface area contributed by atoms with Crippen LogP contribution in [0.1, 0.15) is 10.4 Å². The zero-order valence-electron chi connectivity index (χ0n) is 11.0. The Balaban J connectivity index is 1.58. The van der Waals surface area contributed by atoms with Gasteiger partial charge in [-0.05, 0) is 41.6 Å². The van der Waals surface area contributed by atoms with Crippen molar-refractivity contribution in [2.75, 3.05) is 18.0 Å². The van der Waals surface area contributed by atoms with E-state index < -0.39 is 0 Å². The summed E-state index contributed by atoms with van der Waals surface area (Å²) in [6.07, 6.45) is 0.988. The molecular weight excluding hydrogens is 288 g/mol. The number of thiophene rings is 1. The fourth-order valence-electron chi connectivity index (χ4n) is 2.30. The van der Waals surface area contributed by atoms with Crippen molar-refractivity contribution >= 4 is 34.7 Å². The number of carbonyl (C=O) groups excluding carboxylic acids is 1. The van der Waals surface area contributed by atoms with Crippen LogP contribution in [0.15, 0.2) is 40.6 Å². The van der Waals surface area contributed by atoms with Crippen LogP contribution in [0.5, 0.6) is 0 Å². The smallest absolute Gasteiger partial charge is 0.233 e. The Morgan fingerprint density at radius 3 is 3.15 bits per heavy atom. The van der Waals surface area contributed by atoms with Gasteiger partial charge in [0.25, 0.3) is 0 Å². The molecule has 1 aliphatic rings. The van der Waals surface area contributed by atoms with Gasteiger partial charge >= 0.3 is 0 Å². The molecule has 2 heterocycles. The van der Waals surface area contributed by atoms with E-state index in [1.807, 2.05) is 29.2 Å². The van der Waals surface area contributed by atoms with Crippen LogP contribution in [0.4, 0.5) is 5.69 Å². The van der Waals surface area contributed by atoms with Gasteiger partial charge in [-0.15, -0.1) is 23.1 Å². The van der Waals surface area contributed by atoms with E-state index >= 15 is 0 Å². The highest BCUT2D eigenvalue weighted by atomic mass is 32.2. The van der Waals surface area contributed by atoms with Crippen molar-refractivity contribution in [3.05, 3.63) is 46.2 Å². The molecule has 1 aromatic heterocycles. The molecule has 0 radical (unpaired) electrons. The van der Waals surface area contributed by atoms with Gasteiger partial charge in [0.15, 0.2) is 0 Å². The predicted molar refractivity (Wildman–Crippen MR) is 85.0 cm³/mol. The first-order valence-electron chi connectivity index (χ1n) is 6.54. The number of benzene rings is 1. The maximum atomic E-state index is 12.3. The van der Waals surface area contributed by atoms with Crippen molar-refractivity contribution in [1.29, 1.82) is 0 Å². The van der Waals surface area contributed by atoms with Crippen LogP contribution in [0.2, 0.25) is 0 Å². The number of rotatable bonds is 3. The minimum atomic E-state index is 0.203. The number of hydrogen-bond donors (Lipinski definition) is 1. The molecule has 1 amide bonds. The zero-order chi connectivity index (χ0) is 13.9. The number of fused-ring (bicyclic) bond motifs is 1. The summed E-state index contributed by atoms with van der Waals surface area (Å²) in [7, 11) is 0. The minimum absolute atomic E-state index is 0.203. The van der Waals surface area contributed by atoms with Crippen LogP contribution in [-0.4, -0.2) is 23.1 Å². The molecule has 1 aromatic carbocycles. The molecule has 0 saturated heterocycles. The van der Waals surface area contributed by atoms with Crippen molar-refractivity contribution in [2.45, 2.75) is 17.9 Å². The van der Waals surface area contributed by atoms with Gasteiger partial charge in [0.05, 0.1) is 5.75 Å². The summed E-state index contributed by atoms with van der Waals surface area (Å²) < 4.78 is 0. The second-order valence-corrected chi connectivity index (χ2v) is 6.84. The van der Waals surface area contributed by atoms with E-state index in [-0.39, 0.29) is 5.91 Å². The first-order chi connectivity index (χ1) is 9.72. The number of nitrogen functional groups attached to an aromatic ring is 1. The van der Waals surface area contributed by atoms with Crippen LogP contribution >= 0.6 is 23.1 Å². The number of nitrogens with two attached hydrogens (primary N) is 1. The third-order valence-electron chi connectivity index (χ3n) is 3.38. The zero-order valence-corrected chi connectivity index (χ0v) is 12.7. The molecule has 2 N–H and O–H groups in total. The average molecular weight is 304 g/mol. The van der Waals surface area contributed by atoms with Gasteiger partial charge in [0.2, 0.25) is 5.91 Å². The number of carbonyl (C=O) groups is 1. The molecule has 0 saturated carbocycles. The van der Waals surface area contributed by atoms with E-state index in [1.54, 1.807) is 23.1 Å². The van der Waals surface area contributed by atoms with E-state index in [4.69, 9.17) is 5.73 Å². The number of nitrogens with zero attached hydrogens (tertiary/aromatic N) is 1. The third kappa shape index (κ3) is 2.99. The molecule has 0 atom stereocenters. The topological polar surface area (TPSA) is 46.3 Å². The Morgan fingerprint density at radius 2 is 2.30 bits per heavy atom. The van der Waals surface area contributed by atoms with Crippen LogP contribution in [0.3, 0.4) is 0 Å². The highest BCUT2D eigenvalue weighted by molar-refractivity contribution is 8.00. The largest absolute Gasteiger partial charge is 0.399 e. The van der Waals surface area contributed by atoms with E-state index in [1.165, 1.54) is 10.4 Å². The first-order valence-corrected chi connectivity index (χ1v) is 8.40. The Labute approximate surface area is 126 Å². The van der Waals surface area contributed by atoms with Crippen molar-refractivity contribution < 1.29 is 4.79 Å². The van der Waals surface area contributed by atoms with Gasteiger partial charge in [-0.1, -0.05) is 6.07 Å². The average Bonchev–Trinajstić information content (AvgIpc) is 2.92. The van der Waals surface area contributed by atoms with E-state index in [9.17, 15) is 4.79 Å². The maximum absolute atomic E-state index is 12.3. The summed E-state index contributed by atoms with van der Waals surface area (Å²) in [6, 6.07) is 9.80. The molecule has 3 nitrogen and oxygen atoms in total. The molecular formula is C15H16N2OS2. The number of thioether (sulfide) groups is 1. The van der Waals surface area contributed by atoms with E-state index in [0.29, 0.717) is 5.75 Å². The summed E-state index contributed by atoms with van der Waals surface area (Å²) in [6.45, 7) is 1.60. The molecule has 3 rings (SSSR count). The minimum Gasteiger partial charge on any atom is -0.399 e. The van der Waals surface area contributed by atoms with Crippen LogP contribution in [-0.2, 0) is 17.8 Å². The molecule has 1 aliphatic heterocycles. The van der Waals surface area contributed by atoms with Crippen LogP contribution in [0.25, 0.3) is 0 Å². The lowest BCUT2D eigenvalue weighted by Gasteiger charge is -2.26. The molecule has 5 heteroatoms. The van der Waals surface area contributed by atoms with Crippen molar-refractivity contribution in [2.24, 2.45) is 0 Å². The lowest BCUT2D eigenvalue weighted by Crippen LogP contribution is -2.36. The van der Waals surface area contributed by atoms with Gasteiger partial charge in [-0.25, -0.2) is 0 Å². The van der Waals surface area contributed by atoms with Gasteiger partial charge in [-0.3, -0.25) is 4.79 Å². The number of hydrogen-bond acceptors (Lipinski definition) is 4. The molecule has 0 fully saturated rings. The van der Waals surface area contributed by atoms with Crippen LogP contribution in [0, 0.1) is 0 Å². The summed E-state index contributed by atoms with van der Waals surface area (Å²) in [5.74, 6) is 0.678. The first kappa shape index (κ1) is 13.5. The summed E-state index contributed by atoms with van der Waals surface area (Å²) >= 11 is 3.34. The maximum Gasteiger partial charge on any atom is 0.233 e. The second-order valence-electron chi connectivity index (χ2n) is 4.80. The Bertz CT molecular complexity index is 624. The van der Waals surface area contributed by atoms with Crippen LogP contribution < -0.4 is 5.73 Å². The lowest BCUT2D eigenvalue weighted by atomic mass is 10.1. The molecule has 2 aromatic rings. The molecule has 0 bridgehead atoms. The normalized spacial score (nSPS) is 14.1. The van der Waals surface area contributed by atoms with Gasteiger partial charge in [0.1, 0.15) is 0 Å². The fraction of sp³-hybridized carbons (Fsp3) is 0.267. The van der Waals surface area contributed by atoms with Gasteiger partial charge in [-0.2, -0.15) is 0 Å². The summed E-state index contributed by atoms with van der Waals surface area (Å²) in [5.41, 5.74) is 7.79. The molecule has 0 unspecified atom stereocenters. The van der Waals surface area contributed by atoms with Crippen molar-refractivity contribution in [3.63, 3.8) is 0 Å². The summed E-state index contributed by atoms with van der Waals surface area (Å²) in [4.78, 5) is 16.7. The van der Waals surface area contributed by atoms with E-state index in [0.717, 1.165) is 30.1 Å². The standard InChI is InChI=1S/C15H16N2OS2/c16-12-2-1-3-13(8-12)20-10-15(18)17-6-4-14-11(9-17)5-7-19-14/h1-3,5,7-8H,4,6,9-10,16H2. The monoisotopic (exact) mass is 304 g/mol. The lowest BCUT2D eigenvalue weighted by molar-refractivity contribution is -0.129. The highest BCUT2D eigenvalue weighted by Gasteiger charge is 2.21. The molecule has 0 aliphatic carbocycles. The highest BCUT2D eigenvalue weighted by Crippen LogP contribution is 2.25.